The van der Waals surface area contributed by atoms with Crippen LogP contribution in [0.15, 0.2) is 18.2 Å². The summed E-state index contributed by atoms with van der Waals surface area (Å²) in [5.74, 6) is 0.358. The molecular weight excluding hydrogens is 240 g/mol. The number of benzene rings is 1. The summed E-state index contributed by atoms with van der Waals surface area (Å²) in [6, 6.07) is 5.36. The summed E-state index contributed by atoms with van der Waals surface area (Å²) in [5, 5.41) is 3.42. The van der Waals surface area contributed by atoms with Gasteiger partial charge in [0.15, 0.2) is 0 Å². The highest BCUT2D eigenvalue weighted by Gasteiger charge is 2.28. The second-order valence-corrected chi connectivity index (χ2v) is 4.68. The lowest BCUT2D eigenvalue weighted by atomic mass is 9.87. The van der Waals surface area contributed by atoms with E-state index >= 15 is 0 Å². The summed E-state index contributed by atoms with van der Waals surface area (Å²) < 4.78 is 5.13. The van der Waals surface area contributed by atoms with Crippen LogP contribution in [-0.2, 0) is 0 Å². The van der Waals surface area contributed by atoms with E-state index in [4.69, 9.17) is 22.1 Å². The molecule has 17 heavy (non-hydrogen) atoms. The van der Waals surface area contributed by atoms with Crippen LogP contribution in [-0.4, -0.2) is 25.1 Å². The Balaban J connectivity index is 2.09. The van der Waals surface area contributed by atoms with Gasteiger partial charge in [-0.25, -0.2) is 0 Å². The van der Waals surface area contributed by atoms with Gasteiger partial charge >= 0.3 is 0 Å². The van der Waals surface area contributed by atoms with Gasteiger partial charge in [-0.15, -0.1) is 0 Å². The first-order valence-corrected chi connectivity index (χ1v) is 5.88. The molecule has 4 nitrogen and oxygen atoms in total. The van der Waals surface area contributed by atoms with Gasteiger partial charge in [-0.2, -0.15) is 0 Å². The molecule has 0 spiro atoms. The zero-order valence-corrected chi connectivity index (χ0v) is 10.3. The van der Waals surface area contributed by atoms with Gasteiger partial charge in [-0.1, -0.05) is 11.6 Å². The lowest BCUT2D eigenvalue weighted by molar-refractivity contribution is 0.0907. The summed E-state index contributed by atoms with van der Waals surface area (Å²) in [7, 11) is 1.53. The number of halogens is 1. The molecule has 1 aromatic carbocycles. The SMILES string of the molecule is COc1ccc(Cl)cc1C(=O)NC1CC(N)C1. The van der Waals surface area contributed by atoms with Crippen LogP contribution in [0.5, 0.6) is 5.75 Å². The van der Waals surface area contributed by atoms with Crippen molar-refractivity contribution in [2.24, 2.45) is 5.73 Å². The molecule has 1 aromatic rings. The molecule has 1 aliphatic rings. The fourth-order valence-electron chi connectivity index (χ4n) is 1.90. The quantitative estimate of drug-likeness (QED) is 0.861. The van der Waals surface area contributed by atoms with E-state index in [1.807, 2.05) is 0 Å². The number of ether oxygens (including phenoxy) is 1. The topological polar surface area (TPSA) is 64.3 Å². The van der Waals surface area contributed by atoms with Crippen molar-refractivity contribution in [1.82, 2.24) is 5.32 Å². The van der Waals surface area contributed by atoms with Crippen LogP contribution in [0.25, 0.3) is 0 Å². The molecule has 1 aliphatic carbocycles. The molecule has 0 unspecified atom stereocenters. The summed E-state index contributed by atoms with van der Waals surface area (Å²) in [6.07, 6.45) is 1.66. The fourth-order valence-corrected chi connectivity index (χ4v) is 2.07. The summed E-state index contributed by atoms with van der Waals surface area (Å²) in [4.78, 5) is 12.0. The Bertz CT molecular complexity index is 431. The van der Waals surface area contributed by atoms with Crippen molar-refractivity contribution in [3.63, 3.8) is 0 Å². The second kappa shape index (κ2) is 4.94. The summed E-state index contributed by atoms with van der Waals surface area (Å²) >= 11 is 5.87. The number of carbonyl (C=O) groups excluding carboxylic acids is 1. The molecule has 1 saturated carbocycles. The van der Waals surface area contributed by atoms with Gasteiger partial charge in [-0.3, -0.25) is 4.79 Å². The van der Waals surface area contributed by atoms with E-state index in [0.717, 1.165) is 12.8 Å². The molecule has 0 atom stereocenters. The highest BCUT2D eigenvalue weighted by atomic mass is 35.5. The van der Waals surface area contributed by atoms with Crippen molar-refractivity contribution in [2.45, 2.75) is 24.9 Å². The molecule has 0 radical (unpaired) electrons. The number of hydrogen-bond acceptors (Lipinski definition) is 3. The number of methoxy groups -OCH3 is 1. The molecule has 0 aromatic heterocycles. The molecule has 2 rings (SSSR count). The van der Waals surface area contributed by atoms with Gasteiger partial charge in [0.05, 0.1) is 12.7 Å². The highest BCUT2D eigenvalue weighted by molar-refractivity contribution is 6.31. The third-order valence-corrected chi connectivity index (χ3v) is 3.15. The van der Waals surface area contributed by atoms with Crippen LogP contribution in [0.2, 0.25) is 5.02 Å². The van der Waals surface area contributed by atoms with E-state index in [0.29, 0.717) is 16.3 Å². The smallest absolute Gasteiger partial charge is 0.255 e. The normalized spacial score (nSPS) is 22.8. The first-order valence-electron chi connectivity index (χ1n) is 5.50. The van der Waals surface area contributed by atoms with Crippen molar-refractivity contribution < 1.29 is 9.53 Å². The lowest BCUT2D eigenvalue weighted by Gasteiger charge is -2.33. The number of carbonyl (C=O) groups is 1. The minimum Gasteiger partial charge on any atom is -0.496 e. The number of nitrogens with two attached hydrogens (primary N) is 1. The molecular formula is C12H15ClN2O2. The maximum absolute atomic E-state index is 12.0. The number of hydrogen-bond donors (Lipinski definition) is 2. The Morgan fingerprint density at radius 3 is 2.82 bits per heavy atom. The molecule has 0 aliphatic heterocycles. The lowest BCUT2D eigenvalue weighted by Crippen LogP contribution is -2.50. The van der Waals surface area contributed by atoms with Crippen molar-refractivity contribution in [3.05, 3.63) is 28.8 Å². The van der Waals surface area contributed by atoms with Gasteiger partial charge in [0.2, 0.25) is 0 Å². The average molecular weight is 255 g/mol. The van der Waals surface area contributed by atoms with Crippen molar-refractivity contribution >= 4 is 17.5 Å². The maximum atomic E-state index is 12.0. The third kappa shape index (κ3) is 2.70. The molecule has 0 heterocycles. The first kappa shape index (κ1) is 12.2. The molecule has 3 N–H and O–H groups in total. The van der Waals surface area contributed by atoms with Gasteiger partial charge in [0.1, 0.15) is 5.75 Å². The molecule has 1 amide bonds. The fraction of sp³-hybridized carbons (Fsp3) is 0.417. The van der Waals surface area contributed by atoms with Crippen LogP contribution in [0.1, 0.15) is 23.2 Å². The second-order valence-electron chi connectivity index (χ2n) is 4.25. The average Bonchev–Trinajstić information content (AvgIpc) is 2.27. The summed E-state index contributed by atoms with van der Waals surface area (Å²) in [6.45, 7) is 0. The van der Waals surface area contributed by atoms with Crippen LogP contribution in [0.4, 0.5) is 0 Å². The van der Waals surface area contributed by atoms with E-state index < -0.39 is 0 Å². The number of amides is 1. The molecule has 5 heteroatoms. The van der Waals surface area contributed by atoms with Crippen LogP contribution >= 0.6 is 11.6 Å². The zero-order chi connectivity index (χ0) is 12.4. The van der Waals surface area contributed by atoms with E-state index in [-0.39, 0.29) is 18.0 Å². The Labute approximate surface area is 105 Å². The van der Waals surface area contributed by atoms with Gasteiger partial charge in [0, 0.05) is 17.1 Å². The van der Waals surface area contributed by atoms with Gasteiger partial charge in [-0.05, 0) is 31.0 Å². The molecule has 0 bridgehead atoms. The van der Waals surface area contributed by atoms with Crippen molar-refractivity contribution in [3.8, 4) is 5.75 Å². The van der Waals surface area contributed by atoms with Gasteiger partial charge < -0.3 is 15.8 Å². The van der Waals surface area contributed by atoms with E-state index in [9.17, 15) is 4.79 Å². The standard InChI is InChI=1S/C12H15ClN2O2/c1-17-11-3-2-7(13)4-10(11)12(16)15-9-5-8(14)6-9/h2-4,8-9H,5-6,14H2,1H3,(H,15,16). The third-order valence-electron chi connectivity index (χ3n) is 2.92. The van der Waals surface area contributed by atoms with E-state index in [2.05, 4.69) is 5.32 Å². The van der Waals surface area contributed by atoms with Crippen LogP contribution in [0, 0.1) is 0 Å². The Kier molecular flexibility index (Phi) is 3.54. The van der Waals surface area contributed by atoms with Crippen molar-refractivity contribution in [1.29, 1.82) is 0 Å². The maximum Gasteiger partial charge on any atom is 0.255 e. The summed E-state index contributed by atoms with van der Waals surface area (Å²) in [5.41, 5.74) is 6.13. The monoisotopic (exact) mass is 254 g/mol. The minimum absolute atomic E-state index is 0.166. The molecule has 1 fully saturated rings. The minimum atomic E-state index is -0.166. The Morgan fingerprint density at radius 2 is 2.24 bits per heavy atom. The molecule has 92 valence electrons. The number of rotatable bonds is 3. The van der Waals surface area contributed by atoms with Crippen LogP contribution in [0.3, 0.4) is 0 Å². The first-order chi connectivity index (χ1) is 8.10. The van der Waals surface area contributed by atoms with E-state index in [1.54, 1.807) is 18.2 Å². The Morgan fingerprint density at radius 1 is 1.53 bits per heavy atom. The van der Waals surface area contributed by atoms with Crippen LogP contribution < -0.4 is 15.8 Å². The highest BCUT2D eigenvalue weighted by Crippen LogP contribution is 2.24. The predicted molar refractivity (Wildman–Crippen MR) is 66.5 cm³/mol. The van der Waals surface area contributed by atoms with E-state index in [1.165, 1.54) is 7.11 Å². The van der Waals surface area contributed by atoms with Gasteiger partial charge in [0.25, 0.3) is 5.91 Å². The predicted octanol–water partition coefficient (Wildman–Crippen LogP) is 1.57. The zero-order valence-electron chi connectivity index (χ0n) is 9.57. The van der Waals surface area contributed by atoms with Crippen molar-refractivity contribution in [2.75, 3.05) is 7.11 Å². The Hall–Kier alpha value is -1.26. The number of nitrogens with one attached hydrogen (secondary N) is 1. The largest absolute Gasteiger partial charge is 0.496 e. The molecule has 0 saturated heterocycles.